The Hall–Kier alpha value is -1.02. The molecule has 0 amide bonds. The van der Waals surface area contributed by atoms with Crippen molar-refractivity contribution in [3.8, 4) is 5.75 Å². The molecule has 0 aromatic heterocycles. The van der Waals surface area contributed by atoms with E-state index in [2.05, 4.69) is 37.9 Å². The number of nitrogens with zero attached hydrogens (tertiary/aromatic N) is 1. The van der Waals surface area contributed by atoms with Crippen molar-refractivity contribution in [2.45, 2.75) is 20.3 Å². The summed E-state index contributed by atoms with van der Waals surface area (Å²) < 4.78 is 5.66. The van der Waals surface area contributed by atoms with Crippen LogP contribution in [0.15, 0.2) is 24.3 Å². The van der Waals surface area contributed by atoms with Crippen molar-refractivity contribution in [3.05, 3.63) is 29.8 Å². The van der Waals surface area contributed by atoms with E-state index in [-0.39, 0.29) is 0 Å². The van der Waals surface area contributed by atoms with Crippen LogP contribution in [0, 0.1) is 6.92 Å². The van der Waals surface area contributed by atoms with E-state index >= 15 is 0 Å². The van der Waals surface area contributed by atoms with Crippen molar-refractivity contribution >= 4 is 0 Å². The van der Waals surface area contributed by atoms with Crippen molar-refractivity contribution in [2.75, 3.05) is 26.7 Å². The average Bonchev–Trinajstić information content (AvgIpc) is 2.18. The lowest BCUT2D eigenvalue weighted by molar-refractivity contribution is 0.237. The standard InChI is InChI=1S/C13H21NO/c1-4-8-14(3)9-10-15-13-7-5-6-12(2)11-13/h5-7,11H,4,8-10H2,1-3H3. The van der Waals surface area contributed by atoms with Gasteiger partial charge in [0.15, 0.2) is 0 Å². The zero-order valence-electron chi connectivity index (χ0n) is 9.99. The van der Waals surface area contributed by atoms with Gasteiger partial charge in [-0.05, 0) is 44.6 Å². The maximum Gasteiger partial charge on any atom is 0.119 e. The van der Waals surface area contributed by atoms with Crippen LogP contribution in [0.5, 0.6) is 5.75 Å². The lowest BCUT2D eigenvalue weighted by Gasteiger charge is -2.15. The van der Waals surface area contributed by atoms with Gasteiger partial charge in [0.25, 0.3) is 0 Å². The fourth-order valence-corrected chi connectivity index (χ4v) is 1.52. The van der Waals surface area contributed by atoms with Crippen LogP contribution in [0.1, 0.15) is 18.9 Å². The van der Waals surface area contributed by atoms with E-state index in [1.165, 1.54) is 12.0 Å². The zero-order chi connectivity index (χ0) is 11.1. The number of hydrogen-bond donors (Lipinski definition) is 0. The molecule has 1 aromatic carbocycles. The first-order chi connectivity index (χ1) is 7.22. The monoisotopic (exact) mass is 207 g/mol. The molecule has 0 saturated carbocycles. The van der Waals surface area contributed by atoms with Crippen molar-refractivity contribution in [2.24, 2.45) is 0 Å². The molecule has 0 aliphatic carbocycles. The maximum absolute atomic E-state index is 5.66. The topological polar surface area (TPSA) is 12.5 Å². The van der Waals surface area contributed by atoms with Crippen LogP contribution in [-0.2, 0) is 0 Å². The summed E-state index contributed by atoms with van der Waals surface area (Å²) in [6, 6.07) is 8.18. The van der Waals surface area contributed by atoms with E-state index in [0.717, 1.165) is 25.4 Å². The predicted octanol–water partition coefficient (Wildman–Crippen LogP) is 2.72. The Bertz CT molecular complexity index is 286. The summed E-state index contributed by atoms with van der Waals surface area (Å²) in [4.78, 5) is 2.29. The Balaban J connectivity index is 2.25. The van der Waals surface area contributed by atoms with Crippen molar-refractivity contribution in [1.29, 1.82) is 0 Å². The summed E-state index contributed by atoms with van der Waals surface area (Å²) in [7, 11) is 2.13. The van der Waals surface area contributed by atoms with Crippen LogP contribution in [0.3, 0.4) is 0 Å². The summed E-state index contributed by atoms with van der Waals surface area (Å²) in [6.07, 6.45) is 1.20. The number of benzene rings is 1. The predicted molar refractivity (Wildman–Crippen MR) is 64.5 cm³/mol. The summed E-state index contributed by atoms with van der Waals surface area (Å²) >= 11 is 0. The van der Waals surface area contributed by atoms with Gasteiger partial charge in [0.2, 0.25) is 0 Å². The number of aryl methyl sites for hydroxylation is 1. The maximum atomic E-state index is 5.66. The lowest BCUT2D eigenvalue weighted by Crippen LogP contribution is -2.24. The highest BCUT2D eigenvalue weighted by atomic mass is 16.5. The van der Waals surface area contributed by atoms with E-state index < -0.39 is 0 Å². The number of rotatable bonds is 6. The van der Waals surface area contributed by atoms with Crippen molar-refractivity contribution < 1.29 is 4.74 Å². The van der Waals surface area contributed by atoms with Gasteiger partial charge in [0.1, 0.15) is 12.4 Å². The molecule has 0 saturated heterocycles. The summed E-state index contributed by atoms with van der Waals surface area (Å²) in [5.41, 5.74) is 1.24. The van der Waals surface area contributed by atoms with Crippen LogP contribution in [0.4, 0.5) is 0 Å². The third-order valence-corrected chi connectivity index (χ3v) is 2.34. The van der Waals surface area contributed by atoms with Gasteiger partial charge in [-0.25, -0.2) is 0 Å². The van der Waals surface area contributed by atoms with Crippen LogP contribution < -0.4 is 4.74 Å². The number of ether oxygens (including phenoxy) is 1. The van der Waals surface area contributed by atoms with E-state index in [0.29, 0.717) is 0 Å². The minimum Gasteiger partial charge on any atom is -0.492 e. The minimum atomic E-state index is 0.764. The molecule has 0 atom stereocenters. The van der Waals surface area contributed by atoms with Crippen LogP contribution >= 0.6 is 0 Å². The molecule has 1 aromatic rings. The van der Waals surface area contributed by atoms with E-state index in [1.807, 2.05) is 12.1 Å². The fraction of sp³-hybridized carbons (Fsp3) is 0.538. The Labute approximate surface area is 92.9 Å². The van der Waals surface area contributed by atoms with Gasteiger partial charge in [-0.2, -0.15) is 0 Å². The quantitative estimate of drug-likeness (QED) is 0.711. The van der Waals surface area contributed by atoms with Gasteiger partial charge >= 0.3 is 0 Å². The van der Waals surface area contributed by atoms with Gasteiger partial charge in [0.05, 0.1) is 0 Å². The number of likely N-dealkylation sites (N-methyl/N-ethyl adjacent to an activating group) is 1. The van der Waals surface area contributed by atoms with E-state index in [1.54, 1.807) is 0 Å². The molecule has 0 N–H and O–H groups in total. The molecule has 2 heteroatoms. The molecule has 0 spiro atoms. The summed E-state index contributed by atoms with van der Waals surface area (Å²) in [6.45, 7) is 7.16. The highest BCUT2D eigenvalue weighted by Crippen LogP contribution is 2.11. The molecule has 1 rings (SSSR count). The normalized spacial score (nSPS) is 10.7. The molecule has 0 fully saturated rings. The van der Waals surface area contributed by atoms with E-state index in [4.69, 9.17) is 4.74 Å². The second-order valence-corrected chi connectivity index (χ2v) is 3.97. The molecule has 84 valence electrons. The third kappa shape index (κ3) is 4.84. The van der Waals surface area contributed by atoms with Gasteiger partial charge in [-0.15, -0.1) is 0 Å². The van der Waals surface area contributed by atoms with E-state index in [9.17, 15) is 0 Å². The lowest BCUT2D eigenvalue weighted by atomic mass is 10.2. The van der Waals surface area contributed by atoms with Crippen LogP contribution in [0.25, 0.3) is 0 Å². The molecule has 0 heterocycles. The molecule has 0 unspecified atom stereocenters. The van der Waals surface area contributed by atoms with Gasteiger partial charge in [0, 0.05) is 6.54 Å². The van der Waals surface area contributed by atoms with Gasteiger partial charge in [-0.1, -0.05) is 19.1 Å². The molecule has 0 radical (unpaired) electrons. The first-order valence-corrected chi connectivity index (χ1v) is 5.60. The largest absolute Gasteiger partial charge is 0.492 e. The second-order valence-electron chi connectivity index (χ2n) is 3.97. The van der Waals surface area contributed by atoms with Gasteiger partial charge < -0.3 is 9.64 Å². The zero-order valence-corrected chi connectivity index (χ0v) is 9.99. The molecule has 2 nitrogen and oxygen atoms in total. The Morgan fingerprint density at radius 1 is 1.27 bits per heavy atom. The fourth-order valence-electron chi connectivity index (χ4n) is 1.52. The Kier molecular flexibility index (Phi) is 5.19. The summed E-state index contributed by atoms with van der Waals surface area (Å²) in [5, 5.41) is 0. The minimum absolute atomic E-state index is 0.764. The molecule has 0 aliphatic rings. The first kappa shape index (κ1) is 12.1. The molecular weight excluding hydrogens is 186 g/mol. The molecule has 15 heavy (non-hydrogen) atoms. The Morgan fingerprint density at radius 2 is 2.07 bits per heavy atom. The molecule has 0 bridgehead atoms. The second kappa shape index (κ2) is 6.46. The first-order valence-electron chi connectivity index (χ1n) is 5.60. The van der Waals surface area contributed by atoms with Crippen molar-refractivity contribution in [3.63, 3.8) is 0 Å². The van der Waals surface area contributed by atoms with Crippen LogP contribution in [0.2, 0.25) is 0 Å². The van der Waals surface area contributed by atoms with Gasteiger partial charge in [-0.3, -0.25) is 0 Å². The smallest absolute Gasteiger partial charge is 0.119 e. The highest BCUT2D eigenvalue weighted by Gasteiger charge is 1.97. The number of hydrogen-bond acceptors (Lipinski definition) is 2. The van der Waals surface area contributed by atoms with Crippen molar-refractivity contribution in [1.82, 2.24) is 4.90 Å². The SMILES string of the molecule is CCCN(C)CCOc1cccc(C)c1. The summed E-state index contributed by atoms with van der Waals surface area (Å²) in [5.74, 6) is 0.972. The Morgan fingerprint density at radius 3 is 2.73 bits per heavy atom. The van der Waals surface area contributed by atoms with Crippen LogP contribution in [-0.4, -0.2) is 31.6 Å². The molecule has 0 aliphatic heterocycles. The average molecular weight is 207 g/mol. The molecular formula is C13H21NO. The third-order valence-electron chi connectivity index (χ3n) is 2.34. The highest BCUT2D eigenvalue weighted by molar-refractivity contribution is 5.27.